The largest absolute Gasteiger partial charge is 0.507 e. The number of halogens is 1. The van der Waals surface area contributed by atoms with Crippen LogP contribution in [-0.2, 0) is 11.8 Å². The summed E-state index contributed by atoms with van der Waals surface area (Å²) in [6, 6.07) is 16.9. The first-order valence-electron chi connectivity index (χ1n) is 12.2. The Morgan fingerprint density at radius 2 is 1.68 bits per heavy atom. The molecule has 8 nitrogen and oxygen atoms in total. The minimum absolute atomic E-state index is 0.134. The van der Waals surface area contributed by atoms with E-state index in [-0.39, 0.29) is 11.6 Å². The van der Waals surface area contributed by atoms with Gasteiger partial charge in [-0.05, 0) is 56.2 Å². The van der Waals surface area contributed by atoms with Gasteiger partial charge in [0, 0.05) is 23.1 Å². The number of aliphatic hydroxyl groups is 1. The van der Waals surface area contributed by atoms with Crippen molar-refractivity contribution in [2.24, 2.45) is 0 Å². The molecule has 0 aliphatic heterocycles. The van der Waals surface area contributed by atoms with Crippen molar-refractivity contribution in [1.82, 2.24) is 20.6 Å². The molecule has 37 heavy (non-hydrogen) atoms. The molecule has 0 fully saturated rings. The van der Waals surface area contributed by atoms with E-state index >= 15 is 0 Å². The maximum Gasteiger partial charge on any atom is 0.183 e. The van der Waals surface area contributed by atoms with E-state index < -0.39 is 11.5 Å². The molecule has 0 amide bonds. The zero-order chi connectivity index (χ0) is 26.4. The van der Waals surface area contributed by atoms with Gasteiger partial charge in [-0.2, -0.15) is 5.21 Å². The molecule has 0 saturated carbocycles. The third-order valence-corrected chi connectivity index (χ3v) is 6.37. The molecule has 0 saturated heterocycles. The van der Waals surface area contributed by atoms with Crippen molar-refractivity contribution in [2.75, 3.05) is 13.2 Å². The second kappa shape index (κ2) is 11.4. The summed E-state index contributed by atoms with van der Waals surface area (Å²) >= 11 is 0. The van der Waals surface area contributed by atoms with E-state index in [1.807, 2.05) is 51.1 Å². The second-order valence-electron chi connectivity index (χ2n) is 9.25. The number of aliphatic hydroxyl groups excluding tert-OH is 1. The van der Waals surface area contributed by atoms with Gasteiger partial charge < -0.3 is 19.7 Å². The number of phenolic OH excluding ortho intramolecular Hbond substituents is 1. The van der Waals surface area contributed by atoms with Gasteiger partial charge in [-0.1, -0.05) is 42.5 Å². The summed E-state index contributed by atoms with van der Waals surface area (Å²) in [5.41, 5.74) is 1.91. The Balaban J connectivity index is 1.37. The topological polar surface area (TPSA) is 113 Å². The number of aromatic nitrogens is 4. The first-order valence-corrected chi connectivity index (χ1v) is 12.2. The highest BCUT2D eigenvalue weighted by atomic mass is 19.1. The molecule has 194 valence electrons. The highest BCUT2D eigenvalue weighted by Crippen LogP contribution is 2.39. The van der Waals surface area contributed by atoms with Gasteiger partial charge in [0.05, 0.1) is 24.7 Å². The van der Waals surface area contributed by atoms with Gasteiger partial charge in [0.15, 0.2) is 5.82 Å². The molecule has 0 aliphatic carbocycles. The zero-order valence-electron chi connectivity index (χ0n) is 21.1. The van der Waals surface area contributed by atoms with E-state index in [1.165, 1.54) is 12.1 Å². The average Bonchev–Trinajstić information content (AvgIpc) is 3.45. The van der Waals surface area contributed by atoms with E-state index in [0.717, 1.165) is 5.56 Å². The van der Waals surface area contributed by atoms with Crippen LogP contribution < -0.4 is 9.47 Å². The fourth-order valence-corrected chi connectivity index (χ4v) is 4.16. The molecule has 3 N–H and O–H groups in total. The number of benzene rings is 3. The maximum absolute atomic E-state index is 13.3. The summed E-state index contributed by atoms with van der Waals surface area (Å²) in [4.78, 5) is 0. The van der Waals surface area contributed by atoms with Crippen molar-refractivity contribution in [3.8, 4) is 28.4 Å². The molecule has 0 aliphatic rings. The van der Waals surface area contributed by atoms with Crippen molar-refractivity contribution in [1.29, 1.82) is 0 Å². The Morgan fingerprint density at radius 1 is 0.973 bits per heavy atom. The van der Waals surface area contributed by atoms with Crippen LogP contribution >= 0.6 is 0 Å². The van der Waals surface area contributed by atoms with Crippen molar-refractivity contribution < 1.29 is 24.1 Å². The van der Waals surface area contributed by atoms with Crippen LogP contribution in [0.4, 0.5) is 4.39 Å². The van der Waals surface area contributed by atoms with E-state index in [9.17, 15) is 14.6 Å². The normalized spacial score (nSPS) is 12.4. The molecule has 0 bridgehead atoms. The number of tetrazole rings is 1. The SMILES string of the molecule is CCc1c(OCCCOc2ccccc2C(O)C(C)(C)c2nn[nH]n2)ccc(-c2ccc(F)cc2)c1O. The first-order chi connectivity index (χ1) is 17.8. The number of nitrogens with one attached hydrogen (secondary N) is 1. The number of hydrogen-bond acceptors (Lipinski definition) is 7. The maximum atomic E-state index is 13.3. The Bertz CT molecular complexity index is 1310. The molecule has 1 aromatic heterocycles. The van der Waals surface area contributed by atoms with Crippen LogP contribution in [0.15, 0.2) is 60.7 Å². The van der Waals surface area contributed by atoms with Gasteiger partial charge in [-0.15, -0.1) is 10.2 Å². The molecule has 0 radical (unpaired) electrons. The summed E-state index contributed by atoms with van der Waals surface area (Å²) in [5.74, 6) is 1.39. The van der Waals surface area contributed by atoms with Crippen LogP contribution in [0.1, 0.15) is 50.2 Å². The Labute approximate surface area is 215 Å². The lowest BCUT2D eigenvalue weighted by molar-refractivity contribution is 0.0913. The standard InChI is InChI=1S/C28H31FN4O4/c1-4-20-24(15-14-21(25(20)34)18-10-12-19(29)13-11-18)37-17-7-16-36-23-9-6-5-8-22(23)26(35)28(2,3)27-30-32-33-31-27/h5-6,8-15,26,34-35H,4,7,16-17H2,1-3H3,(H,30,31,32,33). The monoisotopic (exact) mass is 506 g/mol. The van der Waals surface area contributed by atoms with Crippen molar-refractivity contribution in [3.05, 3.63) is 83.4 Å². The van der Waals surface area contributed by atoms with Gasteiger partial charge in [0.25, 0.3) is 0 Å². The Hall–Kier alpha value is -3.98. The minimum atomic E-state index is -0.910. The molecule has 9 heteroatoms. The third kappa shape index (κ3) is 5.72. The highest BCUT2D eigenvalue weighted by molar-refractivity contribution is 5.73. The fraction of sp³-hybridized carbons (Fsp3) is 0.321. The lowest BCUT2D eigenvalue weighted by atomic mass is 9.81. The second-order valence-corrected chi connectivity index (χ2v) is 9.25. The van der Waals surface area contributed by atoms with Gasteiger partial charge >= 0.3 is 0 Å². The van der Waals surface area contributed by atoms with Crippen molar-refractivity contribution >= 4 is 0 Å². The molecule has 1 unspecified atom stereocenters. The van der Waals surface area contributed by atoms with E-state index in [2.05, 4.69) is 20.6 Å². The van der Waals surface area contributed by atoms with Crippen molar-refractivity contribution in [2.45, 2.75) is 45.1 Å². The molecule has 4 aromatic rings. The third-order valence-electron chi connectivity index (χ3n) is 6.37. The first kappa shape index (κ1) is 26.1. The van der Waals surface area contributed by atoms with Gasteiger partial charge in [-0.25, -0.2) is 4.39 Å². The number of aromatic hydroxyl groups is 1. The summed E-state index contributed by atoms with van der Waals surface area (Å²) in [7, 11) is 0. The summed E-state index contributed by atoms with van der Waals surface area (Å²) in [6.45, 7) is 6.37. The van der Waals surface area contributed by atoms with Crippen LogP contribution in [0.25, 0.3) is 11.1 Å². The number of para-hydroxylation sites is 1. The van der Waals surface area contributed by atoms with E-state index in [4.69, 9.17) is 9.47 Å². The lowest BCUT2D eigenvalue weighted by Crippen LogP contribution is -2.28. The van der Waals surface area contributed by atoms with Crippen molar-refractivity contribution in [3.63, 3.8) is 0 Å². The number of hydrogen-bond donors (Lipinski definition) is 3. The molecule has 1 heterocycles. The Kier molecular flexibility index (Phi) is 8.03. The number of H-pyrrole nitrogens is 1. The molecule has 3 aromatic carbocycles. The number of phenols is 1. The van der Waals surface area contributed by atoms with Crippen LogP contribution in [0.5, 0.6) is 17.2 Å². The summed E-state index contributed by atoms with van der Waals surface area (Å²) in [6.07, 6.45) is 0.253. The predicted molar refractivity (Wildman–Crippen MR) is 137 cm³/mol. The number of nitrogens with zero attached hydrogens (tertiary/aromatic N) is 3. The van der Waals surface area contributed by atoms with E-state index in [1.54, 1.807) is 18.2 Å². The zero-order valence-corrected chi connectivity index (χ0v) is 21.1. The summed E-state index contributed by atoms with van der Waals surface area (Å²) < 4.78 is 25.2. The predicted octanol–water partition coefficient (Wildman–Crippen LogP) is 5.13. The fourth-order valence-electron chi connectivity index (χ4n) is 4.16. The van der Waals surface area contributed by atoms with Gasteiger partial charge in [-0.3, -0.25) is 0 Å². The van der Waals surface area contributed by atoms with Crippen LogP contribution in [0.2, 0.25) is 0 Å². The van der Waals surface area contributed by atoms with Gasteiger partial charge in [0.2, 0.25) is 0 Å². The Morgan fingerprint density at radius 3 is 2.35 bits per heavy atom. The van der Waals surface area contributed by atoms with Crippen LogP contribution in [0, 0.1) is 5.82 Å². The minimum Gasteiger partial charge on any atom is -0.507 e. The van der Waals surface area contributed by atoms with Crippen LogP contribution in [-0.4, -0.2) is 44.1 Å². The molecule has 1 atom stereocenters. The highest BCUT2D eigenvalue weighted by Gasteiger charge is 2.36. The molecular formula is C28H31FN4O4. The molecular weight excluding hydrogens is 475 g/mol. The van der Waals surface area contributed by atoms with Gasteiger partial charge in [0.1, 0.15) is 23.1 Å². The van der Waals surface area contributed by atoms with Crippen LogP contribution in [0.3, 0.4) is 0 Å². The number of aromatic amines is 1. The number of ether oxygens (including phenoxy) is 2. The smallest absolute Gasteiger partial charge is 0.183 e. The molecule has 0 spiro atoms. The van der Waals surface area contributed by atoms with E-state index in [0.29, 0.717) is 60.1 Å². The average molecular weight is 507 g/mol. The number of rotatable bonds is 11. The summed E-state index contributed by atoms with van der Waals surface area (Å²) in [5, 5.41) is 36.0. The lowest BCUT2D eigenvalue weighted by Gasteiger charge is -2.28. The molecule has 4 rings (SSSR count). The quantitative estimate of drug-likeness (QED) is 0.242.